The van der Waals surface area contributed by atoms with Gasteiger partial charge in [-0.05, 0) is 53.1 Å². The predicted octanol–water partition coefficient (Wildman–Crippen LogP) is 3.45. The molecule has 0 amide bonds. The van der Waals surface area contributed by atoms with Gasteiger partial charge >= 0.3 is 0 Å². The van der Waals surface area contributed by atoms with Gasteiger partial charge in [-0.1, -0.05) is 0 Å². The van der Waals surface area contributed by atoms with Gasteiger partial charge in [0, 0.05) is 43.1 Å². The average molecular weight is 418 g/mol. The summed E-state index contributed by atoms with van der Waals surface area (Å²) >= 11 is 1.81. The number of nitrogens with zero attached hydrogens (tertiary/aromatic N) is 5. The maximum atomic E-state index is 5.50. The number of hydrogen-bond acceptors (Lipinski definition) is 7. The normalized spacial score (nSPS) is 19.8. The van der Waals surface area contributed by atoms with Crippen LogP contribution in [0.15, 0.2) is 0 Å². The summed E-state index contributed by atoms with van der Waals surface area (Å²) in [6, 6.07) is 1.26. The van der Waals surface area contributed by atoms with Gasteiger partial charge in [0.05, 0.1) is 25.1 Å². The molecule has 4 rings (SSSR count). The van der Waals surface area contributed by atoms with E-state index in [0.29, 0.717) is 12.1 Å². The van der Waals surface area contributed by atoms with Crippen LogP contribution in [0.5, 0.6) is 0 Å². The number of rotatable bonds is 5. The number of thiophene rings is 1. The van der Waals surface area contributed by atoms with Crippen LogP contribution in [0.3, 0.4) is 0 Å². The van der Waals surface area contributed by atoms with E-state index < -0.39 is 0 Å². The number of piperidine rings is 1. The molecule has 2 aromatic rings. The van der Waals surface area contributed by atoms with Crippen molar-refractivity contribution in [2.45, 2.75) is 59.2 Å². The number of anilines is 1. The summed E-state index contributed by atoms with van der Waals surface area (Å²) in [6.45, 7) is 15.5. The molecule has 2 aliphatic rings. The van der Waals surface area contributed by atoms with Crippen molar-refractivity contribution in [3.63, 3.8) is 0 Å². The summed E-state index contributed by atoms with van der Waals surface area (Å²) in [6.07, 6.45) is 2.39. The van der Waals surface area contributed by atoms with E-state index in [9.17, 15) is 0 Å². The Morgan fingerprint density at radius 3 is 2.45 bits per heavy atom. The first-order valence-corrected chi connectivity index (χ1v) is 11.8. The summed E-state index contributed by atoms with van der Waals surface area (Å²) in [4.78, 5) is 20.0. The maximum Gasteiger partial charge on any atom is 0.146 e. The van der Waals surface area contributed by atoms with Crippen molar-refractivity contribution in [1.82, 2.24) is 19.8 Å². The molecule has 0 atom stereocenters. The van der Waals surface area contributed by atoms with Crippen molar-refractivity contribution in [3.05, 3.63) is 16.3 Å². The Morgan fingerprint density at radius 2 is 1.79 bits per heavy atom. The average Bonchev–Trinajstić information content (AvgIpc) is 3.01. The summed E-state index contributed by atoms with van der Waals surface area (Å²) in [5, 5.41) is 1.27. The van der Waals surface area contributed by atoms with Crippen LogP contribution in [0.2, 0.25) is 0 Å². The second-order valence-electron chi connectivity index (χ2n) is 8.79. The lowest BCUT2D eigenvalue weighted by Gasteiger charge is -2.39. The fourth-order valence-electron chi connectivity index (χ4n) is 4.44. The van der Waals surface area contributed by atoms with Gasteiger partial charge in [-0.25, -0.2) is 9.97 Å². The van der Waals surface area contributed by atoms with E-state index in [1.54, 1.807) is 0 Å². The quantitative estimate of drug-likeness (QED) is 0.743. The molecule has 0 saturated carbocycles. The summed E-state index contributed by atoms with van der Waals surface area (Å²) in [5.41, 5.74) is 1.35. The Bertz CT molecular complexity index is 837. The van der Waals surface area contributed by atoms with E-state index in [2.05, 4.69) is 49.4 Å². The lowest BCUT2D eigenvalue weighted by molar-refractivity contribution is 0.0331. The molecule has 2 saturated heterocycles. The second-order valence-corrected chi connectivity index (χ2v) is 10.00. The van der Waals surface area contributed by atoms with Gasteiger partial charge < -0.3 is 14.5 Å². The molecule has 29 heavy (non-hydrogen) atoms. The highest BCUT2D eigenvalue weighted by molar-refractivity contribution is 7.18. The minimum Gasteiger partial charge on any atom is -0.379 e. The van der Waals surface area contributed by atoms with Gasteiger partial charge in [-0.15, -0.1) is 11.3 Å². The minimum absolute atomic E-state index is 0.596. The highest BCUT2D eigenvalue weighted by atomic mass is 32.1. The molecule has 2 fully saturated rings. The molecule has 0 radical (unpaired) electrons. The minimum atomic E-state index is 0.596. The molecule has 0 bridgehead atoms. The van der Waals surface area contributed by atoms with E-state index >= 15 is 0 Å². The third-order valence-corrected chi connectivity index (χ3v) is 7.78. The molecule has 2 aromatic heterocycles. The molecule has 2 aliphatic heterocycles. The molecule has 0 N–H and O–H groups in total. The number of aryl methyl sites for hydroxylation is 2. The number of ether oxygens (including phenoxy) is 1. The number of fused-ring (bicyclic) bond motifs is 1. The molecule has 6 nitrogen and oxygen atoms in total. The predicted molar refractivity (Wildman–Crippen MR) is 121 cm³/mol. The Morgan fingerprint density at radius 1 is 1.10 bits per heavy atom. The smallest absolute Gasteiger partial charge is 0.146 e. The zero-order valence-corrected chi connectivity index (χ0v) is 19.4. The number of hydrogen-bond donors (Lipinski definition) is 0. The first-order chi connectivity index (χ1) is 13.9. The Kier molecular flexibility index (Phi) is 6.39. The highest BCUT2D eigenvalue weighted by Gasteiger charge is 2.27. The zero-order valence-electron chi connectivity index (χ0n) is 18.6. The van der Waals surface area contributed by atoms with Crippen molar-refractivity contribution >= 4 is 27.4 Å². The molecule has 0 unspecified atom stereocenters. The second kappa shape index (κ2) is 8.84. The van der Waals surface area contributed by atoms with Gasteiger partial charge in [-0.3, -0.25) is 4.90 Å². The van der Waals surface area contributed by atoms with Crippen LogP contribution in [0, 0.1) is 13.8 Å². The van der Waals surface area contributed by atoms with E-state index in [-0.39, 0.29) is 0 Å². The van der Waals surface area contributed by atoms with Gasteiger partial charge in [0.2, 0.25) is 0 Å². The molecule has 160 valence electrons. The Labute approximate surface area is 178 Å². The third-order valence-electron chi connectivity index (χ3n) is 6.68. The fraction of sp³-hybridized carbons (Fsp3) is 0.727. The monoisotopic (exact) mass is 417 g/mol. The van der Waals surface area contributed by atoms with Crippen LogP contribution < -0.4 is 4.90 Å². The van der Waals surface area contributed by atoms with Crippen molar-refractivity contribution in [3.8, 4) is 0 Å². The van der Waals surface area contributed by atoms with Gasteiger partial charge in [0.15, 0.2) is 0 Å². The molecular weight excluding hydrogens is 382 g/mol. The first kappa shape index (κ1) is 21.0. The van der Waals surface area contributed by atoms with Crippen LogP contribution in [-0.2, 0) is 11.3 Å². The van der Waals surface area contributed by atoms with E-state index in [0.717, 1.165) is 62.4 Å². The van der Waals surface area contributed by atoms with E-state index in [1.807, 2.05) is 11.3 Å². The first-order valence-electron chi connectivity index (χ1n) is 11.0. The van der Waals surface area contributed by atoms with Crippen LogP contribution in [0.4, 0.5) is 5.82 Å². The van der Waals surface area contributed by atoms with Crippen LogP contribution in [0.1, 0.15) is 43.0 Å². The molecule has 0 spiro atoms. The highest BCUT2D eigenvalue weighted by Crippen LogP contribution is 2.36. The van der Waals surface area contributed by atoms with Crippen molar-refractivity contribution in [2.75, 3.05) is 51.3 Å². The largest absolute Gasteiger partial charge is 0.379 e. The summed E-state index contributed by atoms with van der Waals surface area (Å²) in [7, 11) is 2.26. The van der Waals surface area contributed by atoms with Crippen LogP contribution in [0.25, 0.3) is 10.2 Å². The van der Waals surface area contributed by atoms with E-state index in [4.69, 9.17) is 14.7 Å². The van der Waals surface area contributed by atoms with Gasteiger partial charge in [0.1, 0.15) is 16.5 Å². The van der Waals surface area contributed by atoms with Gasteiger partial charge in [-0.2, -0.15) is 0 Å². The molecule has 4 heterocycles. The molecule has 0 aromatic carbocycles. The number of morpholine rings is 1. The molecular formula is C22H35N5OS. The lowest BCUT2D eigenvalue weighted by atomic mass is 10.0. The SMILES string of the molecule is Cc1sc2nc(CN3CCOCC3)nc(N3CCC(N(C)C(C)C)CC3)c2c1C. The Hall–Kier alpha value is -1.28. The van der Waals surface area contributed by atoms with Crippen molar-refractivity contribution in [2.24, 2.45) is 0 Å². The van der Waals surface area contributed by atoms with E-state index in [1.165, 1.54) is 28.7 Å². The maximum absolute atomic E-state index is 5.50. The van der Waals surface area contributed by atoms with Crippen LogP contribution in [-0.4, -0.2) is 78.3 Å². The fourth-order valence-corrected chi connectivity index (χ4v) is 5.48. The molecule has 0 aliphatic carbocycles. The standard InChI is InChI=1S/C22H35N5OS/c1-15(2)25(5)18-6-8-27(9-7-18)21-20-16(3)17(4)29-22(20)24-19(23-21)14-26-10-12-28-13-11-26/h15,18H,6-14H2,1-5H3. The lowest BCUT2D eigenvalue weighted by Crippen LogP contribution is -2.46. The van der Waals surface area contributed by atoms with Crippen molar-refractivity contribution < 1.29 is 4.74 Å². The topological polar surface area (TPSA) is 44.7 Å². The third kappa shape index (κ3) is 4.43. The van der Waals surface area contributed by atoms with Gasteiger partial charge in [0.25, 0.3) is 0 Å². The Balaban J connectivity index is 1.60. The molecule has 7 heteroatoms. The summed E-state index contributed by atoms with van der Waals surface area (Å²) in [5.74, 6) is 2.11. The zero-order chi connectivity index (χ0) is 20.5. The summed E-state index contributed by atoms with van der Waals surface area (Å²) < 4.78 is 5.50. The van der Waals surface area contributed by atoms with Crippen LogP contribution >= 0.6 is 11.3 Å². The number of aromatic nitrogens is 2. The van der Waals surface area contributed by atoms with Crippen molar-refractivity contribution in [1.29, 1.82) is 0 Å².